The van der Waals surface area contributed by atoms with E-state index in [0.717, 1.165) is 6.42 Å². The Morgan fingerprint density at radius 2 is 1.23 bits per heavy atom. The van der Waals surface area contributed by atoms with Gasteiger partial charge in [-0.25, -0.2) is 0 Å². The first kappa shape index (κ1) is 24.2. The third kappa shape index (κ3) is 3.34. The Hall–Kier alpha value is -5.40. The summed E-state index contributed by atoms with van der Waals surface area (Å²) in [6.07, 6.45) is 2.97. The molecular formula is C42H29N. The average Bonchev–Trinajstić information content (AvgIpc) is 3.53. The second-order valence-electron chi connectivity index (χ2n) is 11.7. The van der Waals surface area contributed by atoms with Crippen molar-refractivity contribution < 1.29 is 0 Å². The monoisotopic (exact) mass is 547 g/mol. The van der Waals surface area contributed by atoms with Gasteiger partial charge in [0.25, 0.3) is 0 Å². The van der Waals surface area contributed by atoms with Crippen LogP contribution in [0.15, 0.2) is 134 Å². The van der Waals surface area contributed by atoms with Crippen molar-refractivity contribution in [1.82, 2.24) is 4.57 Å². The fraction of sp³-hybridized carbons (Fsp3) is 0.0476. The second-order valence-corrected chi connectivity index (χ2v) is 11.7. The van der Waals surface area contributed by atoms with Gasteiger partial charge in [0.1, 0.15) is 0 Å². The fourth-order valence-corrected chi connectivity index (χ4v) is 7.72. The van der Waals surface area contributed by atoms with Crippen LogP contribution in [0.1, 0.15) is 22.4 Å². The topological polar surface area (TPSA) is 4.93 Å². The highest BCUT2D eigenvalue weighted by atomic mass is 15.0. The van der Waals surface area contributed by atoms with Crippen LogP contribution in [0.25, 0.3) is 78.3 Å². The standard InChI is InChI=1S/C42H29N/c1-3-27-15-11-19-35-34-17-9-10-18-36(34)41-40-31(24-30-14-7-8-16-33(30)40)25-37-42(41)38(39(27)35)26(2)43(37)32-22-20-29(21-23-32)28-12-5-4-6-13-28/h3-23,25H,1,24H2,2H3. The normalized spacial score (nSPS) is 12.3. The molecule has 0 aliphatic heterocycles. The van der Waals surface area contributed by atoms with Gasteiger partial charge in [-0.3, -0.25) is 0 Å². The van der Waals surface area contributed by atoms with E-state index in [1.165, 1.54) is 94.6 Å². The van der Waals surface area contributed by atoms with Crippen molar-refractivity contribution in [3.05, 3.63) is 156 Å². The molecule has 0 amide bonds. The van der Waals surface area contributed by atoms with Gasteiger partial charge in [0.05, 0.1) is 5.52 Å². The molecule has 1 nitrogen and oxygen atoms in total. The minimum absolute atomic E-state index is 0.952. The number of rotatable bonds is 3. The smallest absolute Gasteiger partial charge is 0.0547 e. The summed E-state index contributed by atoms with van der Waals surface area (Å²) in [6.45, 7) is 6.55. The van der Waals surface area contributed by atoms with E-state index >= 15 is 0 Å². The zero-order valence-electron chi connectivity index (χ0n) is 24.1. The molecule has 0 radical (unpaired) electrons. The van der Waals surface area contributed by atoms with Crippen molar-refractivity contribution >= 4 is 17.0 Å². The molecule has 0 saturated heterocycles. The molecule has 1 heterocycles. The van der Waals surface area contributed by atoms with Crippen LogP contribution in [-0.2, 0) is 6.42 Å². The summed E-state index contributed by atoms with van der Waals surface area (Å²) >= 11 is 0. The zero-order valence-corrected chi connectivity index (χ0v) is 24.1. The zero-order chi connectivity index (χ0) is 28.7. The molecule has 7 aromatic rings. The molecule has 6 aromatic carbocycles. The fourth-order valence-electron chi connectivity index (χ4n) is 7.72. The van der Waals surface area contributed by atoms with E-state index in [1.54, 1.807) is 0 Å². The van der Waals surface area contributed by atoms with Crippen LogP contribution in [0.2, 0.25) is 0 Å². The Kier molecular flexibility index (Phi) is 5.10. The van der Waals surface area contributed by atoms with E-state index in [1.807, 2.05) is 6.08 Å². The van der Waals surface area contributed by atoms with Gasteiger partial charge in [-0.2, -0.15) is 0 Å². The molecular weight excluding hydrogens is 518 g/mol. The summed E-state index contributed by atoms with van der Waals surface area (Å²) in [5.74, 6) is 0. The lowest BCUT2D eigenvalue weighted by Gasteiger charge is -2.17. The van der Waals surface area contributed by atoms with Gasteiger partial charge >= 0.3 is 0 Å². The van der Waals surface area contributed by atoms with E-state index in [2.05, 4.69) is 145 Å². The molecule has 202 valence electrons. The maximum absolute atomic E-state index is 4.26. The highest BCUT2D eigenvalue weighted by molar-refractivity contribution is 6.20. The molecule has 2 aliphatic carbocycles. The van der Waals surface area contributed by atoms with Crippen molar-refractivity contribution in [3.63, 3.8) is 0 Å². The quantitative estimate of drug-likeness (QED) is 0.207. The highest BCUT2D eigenvalue weighted by Gasteiger charge is 2.33. The van der Waals surface area contributed by atoms with Crippen LogP contribution >= 0.6 is 0 Å². The summed E-state index contributed by atoms with van der Waals surface area (Å²) in [7, 11) is 0. The maximum Gasteiger partial charge on any atom is 0.0547 e. The summed E-state index contributed by atoms with van der Waals surface area (Å²) in [5.41, 5.74) is 20.7. The number of aromatic nitrogens is 1. The van der Waals surface area contributed by atoms with E-state index in [-0.39, 0.29) is 0 Å². The molecule has 1 aromatic heterocycles. The van der Waals surface area contributed by atoms with Gasteiger partial charge in [-0.1, -0.05) is 122 Å². The largest absolute Gasteiger partial charge is 0.313 e. The van der Waals surface area contributed by atoms with Gasteiger partial charge < -0.3 is 4.57 Å². The third-order valence-electron chi connectivity index (χ3n) is 9.53. The Morgan fingerprint density at radius 1 is 0.558 bits per heavy atom. The summed E-state index contributed by atoms with van der Waals surface area (Å²) in [6, 6.07) is 46.8. The van der Waals surface area contributed by atoms with Crippen LogP contribution in [0.4, 0.5) is 0 Å². The molecule has 2 aliphatic rings. The van der Waals surface area contributed by atoms with Crippen LogP contribution in [0, 0.1) is 6.92 Å². The summed E-state index contributed by atoms with van der Waals surface area (Å²) in [5, 5.41) is 1.33. The molecule has 0 atom stereocenters. The predicted octanol–water partition coefficient (Wildman–Crippen LogP) is 11.1. The molecule has 0 spiro atoms. The summed E-state index contributed by atoms with van der Waals surface area (Å²) < 4.78 is 2.49. The van der Waals surface area contributed by atoms with E-state index in [9.17, 15) is 0 Å². The first-order valence-corrected chi connectivity index (χ1v) is 15.0. The first-order valence-electron chi connectivity index (χ1n) is 15.0. The van der Waals surface area contributed by atoms with Crippen LogP contribution in [0.5, 0.6) is 0 Å². The molecule has 0 unspecified atom stereocenters. The van der Waals surface area contributed by atoms with Crippen molar-refractivity contribution in [2.24, 2.45) is 0 Å². The molecule has 0 bridgehead atoms. The van der Waals surface area contributed by atoms with Crippen molar-refractivity contribution in [3.8, 4) is 61.3 Å². The number of nitrogens with zero attached hydrogens (tertiary/aromatic N) is 1. The van der Waals surface area contributed by atoms with Crippen LogP contribution < -0.4 is 0 Å². The Balaban J connectivity index is 1.44. The first-order chi connectivity index (χ1) is 21.2. The minimum Gasteiger partial charge on any atom is -0.313 e. The predicted molar refractivity (Wildman–Crippen MR) is 182 cm³/mol. The molecule has 9 rings (SSSR count). The van der Waals surface area contributed by atoms with Gasteiger partial charge in [-0.15, -0.1) is 0 Å². The number of benzene rings is 6. The Bertz CT molecular complexity index is 2260. The lowest BCUT2D eigenvalue weighted by Crippen LogP contribution is -1.99. The second kappa shape index (κ2) is 9.05. The highest BCUT2D eigenvalue weighted by Crippen LogP contribution is 2.56. The van der Waals surface area contributed by atoms with Crippen molar-refractivity contribution in [1.29, 1.82) is 0 Å². The van der Waals surface area contributed by atoms with E-state index in [0.29, 0.717) is 0 Å². The minimum atomic E-state index is 0.952. The van der Waals surface area contributed by atoms with E-state index in [4.69, 9.17) is 0 Å². The lowest BCUT2D eigenvalue weighted by molar-refractivity contribution is 1.05. The average molecular weight is 548 g/mol. The van der Waals surface area contributed by atoms with E-state index < -0.39 is 0 Å². The Labute approximate surface area is 252 Å². The van der Waals surface area contributed by atoms with Gasteiger partial charge in [0.15, 0.2) is 0 Å². The van der Waals surface area contributed by atoms with Crippen molar-refractivity contribution in [2.75, 3.05) is 0 Å². The SMILES string of the molecule is C=Cc1cccc2c1-c1c(C)n(-c3ccc(-c4ccccc4)cc3)c3cc4c(c(c13)-c1ccccc1-2)-c1ccccc1C4. The lowest BCUT2D eigenvalue weighted by atomic mass is 9.88. The molecule has 0 saturated carbocycles. The molecule has 0 fully saturated rings. The molecule has 43 heavy (non-hydrogen) atoms. The Morgan fingerprint density at radius 3 is 2.02 bits per heavy atom. The summed E-state index contributed by atoms with van der Waals surface area (Å²) in [4.78, 5) is 0. The van der Waals surface area contributed by atoms with Crippen LogP contribution in [-0.4, -0.2) is 4.57 Å². The third-order valence-corrected chi connectivity index (χ3v) is 9.53. The van der Waals surface area contributed by atoms with Gasteiger partial charge in [-0.05, 0) is 92.7 Å². The van der Waals surface area contributed by atoms with Crippen LogP contribution in [0.3, 0.4) is 0 Å². The number of hydrogen-bond donors (Lipinski definition) is 0. The molecule has 0 N–H and O–H groups in total. The van der Waals surface area contributed by atoms with Gasteiger partial charge in [0, 0.05) is 27.9 Å². The van der Waals surface area contributed by atoms with Gasteiger partial charge in [0.2, 0.25) is 0 Å². The van der Waals surface area contributed by atoms with Crippen molar-refractivity contribution in [2.45, 2.75) is 13.3 Å². The maximum atomic E-state index is 4.26. The number of fused-ring (bicyclic) bond motifs is 9. The number of hydrogen-bond acceptors (Lipinski definition) is 0. The molecule has 1 heteroatoms.